The van der Waals surface area contributed by atoms with Gasteiger partial charge in [0.1, 0.15) is 0 Å². The quantitative estimate of drug-likeness (QED) is 0.662. The minimum Gasteiger partial charge on any atom is -0.313 e. The number of allylic oxidation sites excluding steroid dienone is 1. The van der Waals surface area contributed by atoms with Crippen LogP contribution in [0.1, 0.15) is 52.4 Å². The van der Waals surface area contributed by atoms with Crippen LogP contribution in [0, 0.1) is 5.92 Å². The van der Waals surface area contributed by atoms with Gasteiger partial charge in [-0.15, -0.1) is 0 Å². The summed E-state index contributed by atoms with van der Waals surface area (Å²) in [4.78, 5) is 0. The van der Waals surface area contributed by atoms with E-state index in [0.29, 0.717) is 6.04 Å². The van der Waals surface area contributed by atoms with Crippen LogP contribution in [-0.4, -0.2) is 13.1 Å². The highest BCUT2D eigenvalue weighted by Gasteiger charge is 2.16. The molecule has 1 nitrogen and oxygen atoms in total. The molecule has 0 saturated heterocycles. The summed E-state index contributed by atoms with van der Waals surface area (Å²) in [6.45, 7) is 4.64. The fourth-order valence-corrected chi connectivity index (χ4v) is 2.20. The van der Waals surface area contributed by atoms with Gasteiger partial charge in [-0.25, -0.2) is 0 Å². The molecule has 0 radical (unpaired) electrons. The van der Waals surface area contributed by atoms with E-state index in [1.165, 1.54) is 38.5 Å². The number of likely N-dealkylation sites (N-methyl/N-ethyl adjacent to an activating group) is 1. The molecule has 1 aliphatic rings. The summed E-state index contributed by atoms with van der Waals surface area (Å²) in [5, 5.41) is 3.47. The van der Waals surface area contributed by atoms with Gasteiger partial charge in [-0.05, 0) is 45.1 Å². The van der Waals surface area contributed by atoms with Gasteiger partial charge in [-0.1, -0.05) is 31.9 Å². The summed E-state index contributed by atoms with van der Waals surface area (Å²) >= 11 is 0. The monoisotopic (exact) mass is 195 g/mol. The first-order chi connectivity index (χ1) is 6.77. The standard InChI is InChI=1S/C13H25N/c1-4-11(2)10-13(14-3)12-8-6-5-7-9-12/h8,11,13-14H,4-7,9-10H2,1-3H3. The van der Waals surface area contributed by atoms with E-state index in [4.69, 9.17) is 0 Å². The third kappa shape index (κ3) is 3.45. The van der Waals surface area contributed by atoms with E-state index < -0.39 is 0 Å². The average molecular weight is 195 g/mol. The smallest absolute Gasteiger partial charge is 0.0279 e. The fourth-order valence-electron chi connectivity index (χ4n) is 2.20. The lowest BCUT2D eigenvalue weighted by atomic mass is 9.88. The maximum Gasteiger partial charge on any atom is 0.0279 e. The van der Waals surface area contributed by atoms with Crippen LogP contribution in [0.5, 0.6) is 0 Å². The zero-order valence-electron chi connectivity index (χ0n) is 9.97. The van der Waals surface area contributed by atoms with Crippen molar-refractivity contribution < 1.29 is 0 Å². The van der Waals surface area contributed by atoms with E-state index in [1.807, 2.05) is 0 Å². The van der Waals surface area contributed by atoms with Crippen molar-refractivity contribution in [2.45, 2.75) is 58.4 Å². The molecule has 0 fully saturated rings. The maximum atomic E-state index is 3.47. The molecule has 2 atom stereocenters. The van der Waals surface area contributed by atoms with Crippen molar-refractivity contribution in [3.05, 3.63) is 11.6 Å². The second-order valence-corrected chi connectivity index (χ2v) is 4.62. The van der Waals surface area contributed by atoms with Gasteiger partial charge < -0.3 is 5.32 Å². The van der Waals surface area contributed by atoms with Crippen molar-refractivity contribution in [3.63, 3.8) is 0 Å². The lowest BCUT2D eigenvalue weighted by Crippen LogP contribution is -2.30. The Hall–Kier alpha value is -0.300. The molecule has 1 heteroatoms. The first-order valence-corrected chi connectivity index (χ1v) is 6.14. The van der Waals surface area contributed by atoms with Crippen LogP contribution in [0.3, 0.4) is 0 Å². The molecule has 0 amide bonds. The van der Waals surface area contributed by atoms with Gasteiger partial charge in [-0.2, -0.15) is 0 Å². The Morgan fingerprint density at radius 3 is 2.71 bits per heavy atom. The SMILES string of the molecule is CCC(C)CC(NC)C1=CCCCC1. The molecule has 1 rings (SSSR count). The van der Waals surface area contributed by atoms with Crippen molar-refractivity contribution >= 4 is 0 Å². The van der Waals surface area contributed by atoms with Crippen molar-refractivity contribution in [2.24, 2.45) is 5.92 Å². The van der Waals surface area contributed by atoms with E-state index in [9.17, 15) is 0 Å². The third-order valence-corrected chi connectivity index (χ3v) is 3.46. The summed E-state index contributed by atoms with van der Waals surface area (Å²) in [5.41, 5.74) is 1.67. The molecule has 0 aromatic carbocycles. The highest BCUT2D eigenvalue weighted by atomic mass is 14.9. The molecule has 0 heterocycles. The van der Waals surface area contributed by atoms with E-state index in [2.05, 4.69) is 32.3 Å². The molecule has 0 saturated carbocycles. The highest BCUT2D eigenvalue weighted by Crippen LogP contribution is 2.24. The van der Waals surface area contributed by atoms with Gasteiger partial charge in [-0.3, -0.25) is 0 Å². The van der Waals surface area contributed by atoms with Crippen molar-refractivity contribution in [2.75, 3.05) is 7.05 Å². The molecule has 14 heavy (non-hydrogen) atoms. The molecule has 0 aliphatic heterocycles. The zero-order chi connectivity index (χ0) is 10.4. The summed E-state index contributed by atoms with van der Waals surface area (Å²) in [5.74, 6) is 0.843. The van der Waals surface area contributed by atoms with Gasteiger partial charge in [0.25, 0.3) is 0 Å². The highest BCUT2D eigenvalue weighted by molar-refractivity contribution is 5.13. The Morgan fingerprint density at radius 2 is 2.21 bits per heavy atom. The Bertz CT molecular complexity index is 184. The van der Waals surface area contributed by atoms with Crippen LogP contribution >= 0.6 is 0 Å². The summed E-state index contributed by atoms with van der Waals surface area (Å²) in [6.07, 6.45) is 10.5. The predicted molar refractivity (Wildman–Crippen MR) is 63.5 cm³/mol. The van der Waals surface area contributed by atoms with E-state index in [0.717, 1.165) is 5.92 Å². The number of hydrogen-bond acceptors (Lipinski definition) is 1. The third-order valence-electron chi connectivity index (χ3n) is 3.46. The van der Waals surface area contributed by atoms with Crippen molar-refractivity contribution in [1.82, 2.24) is 5.32 Å². The average Bonchev–Trinajstić information content (AvgIpc) is 2.26. The second kappa shape index (κ2) is 6.23. The second-order valence-electron chi connectivity index (χ2n) is 4.62. The molecule has 0 spiro atoms. The molecule has 82 valence electrons. The number of nitrogens with one attached hydrogen (secondary N) is 1. The van der Waals surface area contributed by atoms with E-state index in [1.54, 1.807) is 5.57 Å². The molecular formula is C13H25N. The Balaban J connectivity index is 2.47. The number of hydrogen-bond donors (Lipinski definition) is 1. The van der Waals surface area contributed by atoms with Crippen LogP contribution in [-0.2, 0) is 0 Å². The summed E-state index contributed by atoms with van der Waals surface area (Å²) < 4.78 is 0. The molecule has 1 N–H and O–H groups in total. The van der Waals surface area contributed by atoms with Crippen LogP contribution in [0.2, 0.25) is 0 Å². The van der Waals surface area contributed by atoms with Crippen LogP contribution < -0.4 is 5.32 Å². The van der Waals surface area contributed by atoms with Gasteiger partial charge in [0.2, 0.25) is 0 Å². The molecule has 0 bridgehead atoms. The lowest BCUT2D eigenvalue weighted by Gasteiger charge is -2.25. The van der Waals surface area contributed by atoms with Crippen molar-refractivity contribution in [1.29, 1.82) is 0 Å². The predicted octanol–water partition coefficient (Wildman–Crippen LogP) is 3.51. The number of rotatable bonds is 5. The summed E-state index contributed by atoms with van der Waals surface area (Å²) in [6, 6.07) is 0.644. The summed E-state index contributed by atoms with van der Waals surface area (Å²) in [7, 11) is 2.10. The normalized spacial score (nSPS) is 21.5. The minimum absolute atomic E-state index is 0.644. The molecule has 2 unspecified atom stereocenters. The first-order valence-electron chi connectivity index (χ1n) is 6.14. The van der Waals surface area contributed by atoms with Crippen LogP contribution in [0.4, 0.5) is 0 Å². The van der Waals surface area contributed by atoms with E-state index >= 15 is 0 Å². The molecular weight excluding hydrogens is 170 g/mol. The maximum absolute atomic E-state index is 3.47. The molecule has 0 aromatic heterocycles. The minimum atomic E-state index is 0.644. The van der Waals surface area contributed by atoms with Crippen LogP contribution in [0.25, 0.3) is 0 Å². The van der Waals surface area contributed by atoms with Gasteiger partial charge in [0.05, 0.1) is 0 Å². The zero-order valence-corrected chi connectivity index (χ0v) is 9.97. The van der Waals surface area contributed by atoms with Gasteiger partial charge >= 0.3 is 0 Å². The van der Waals surface area contributed by atoms with E-state index in [-0.39, 0.29) is 0 Å². The van der Waals surface area contributed by atoms with Crippen molar-refractivity contribution in [3.8, 4) is 0 Å². The topological polar surface area (TPSA) is 12.0 Å². The molecule has 0 aromatic rings. The lowest BCUT2D eigenvalue weighted by molar-refractivity contribution is 0.431. The van der Waals surface area contributed by atoms with Gasteiger partial charge in [0, 0.05) is 6.04 Å². The largest absolute Gasteiger partial charge is 0.313 e. The first kappa shape index (κ1) is 11.8. The Morgan fingerprint density at radius 1 is 1.43 bits per heavy atom. The van der Waals surface area contributed by atoms with Gasteiger partial charge in [0.15, 0.2) is 0 Å². The van der Waals surface area contributed by atoms with Crippen LogP contribution in [0.15, 0.2) is 11.6 Å². The molecule has 1 aliphatic carbocycles. The Labute approximate surface area is 89.0 Å². The Kier molecular flexibility index (Phi) is 5.24. The fraction of sp³-hybridized carbons (Fsp3) is 0.846.